The molecule has 0 spiro atoms. The van der Waals surface area contributed by atoms with Gasteiger partial charge in [-0.25, -0.2) is 4.39 Å². The first-order valence-electron chi connectivity index (χ1n) is 6.58. The van der Waals surface area contributed by atoms with E-state index in [1.54, 1.807) is 19.2 Å². The summed E-state index contributed by atoms with van der Waals surface area (Å²) in [7, 11) is 1.73. The molecule has 0 aliphatic heterocycles. The molecule has 1 aromatic rings. The molecule has 0 aromatic heterocycles. The topological polar surface area (TPSA) is 36.4 Å². The lowest BCUT2D eigenvalue weighted by Gasteiger charge is -2.11. The van der Waals surface area contributed by atoms with Gasteiger partial charge in [-0.15, -0.1) is 0 Å². The van der Waals surface area contributed by atoms with E-state index in [2.05, 4.69) is 22.5 Å². The number of hydrogen-bond acceptors (Lipinski definition) is 1. The lowest BCUT2D eigenvalue weighted by Crippen LogP contribution is -2.39. The van der Waals surface area contributed by atoms with Crippen LogP contribution in [0.5, 0.6) is 0 Å². The highest BCUT2D eigenvalue weighted by Gasteiger charge is 2.41. The fourth-order valence-corrected chi connectivity index (χ4v) is 2.46. The summed E-state index contributed by atoms with van der Waals surface area (Å²) in [5.41, 5.74) is 0.618. The van der Waals surface area contributed by atoms with Crippen LogP contribution >= 0.6 is 11.6 Å². The third-order valence-corrected chi connectivity index (χ3v) is 3.58. The van der Waals surface area contributed by atoms with Crippen molar-refractivity contribution in [3.05, 3.63) is 34.6 Å². The molecule has 1 aromatic carbocycles. The average Bonchev–Trinajstić information content (AvgIpc) is 3.13. The van der Waals surface area contributed by atoms with Crippen LogP contribution in [0.1, 0.15) is 31.2 Å². The van der Waals surface area contributed by atoms with Gasteiger partial charge in [0.2, 0.25) is 0 Å². The van der Waals surface area contributed by atoms with Crippen LogP contribution in [0.3, 0.4) is 0 Å². The fourth-order valence-electron chi connectivity index (χ4n) is 2.15. The molecule has 104 valence electrons. The van der Waals surface area contributed by atoms with Gasteiger partial charge in [0.15, 0.2) is 5.96 Å². The van der Waals surface area contributed by atoms with E-state index in [1.807, 2.05) is 0 Å². The number of nitrogens with one attached hydrogen (secondary N) is 2. The normalized spacial score (nSPS) is 22.2. The zero-order valence-corrected chi connectivity index (χ0v) is 12.0. The first-order valence-corrected chi connectivity index (χ1v) is 6.96. The lowest BCUT2D eigenvalue weighted by molar-refractivity contribution is 0.608. The zero-order valence-electron chi connectivity index (χ0n) is 11.2. The highest BCUT2D eigenvalue weighted by atomic mass is 35.5. The number of guanidine groups is 1. The van der Waals surface area contributed by atoms with Crippen molar-refractivity contribution in [1.29, 1.82) is 0 Å². The van der Waals surface area contributed by atoms with E-state index < -0.39 is 0 Å². The van der Waals surface area contributed by atoms with Crippen LogP contribution in [0.25, 0.3) is 0 Å². The molecule has 2 unspecified atom stereocenters. The Kier molecular flexibility index (Phi) is 4.64. The number of nitrogens with zero attached hydrogens (tertiary/aromatic N) is 1. The minimum absolute atomic E-state index is 0.133. The Balaban J connectivity index is 1.97. The zero-order chi connectivity index (χ0) is 13.8. The molecule has 1 aliphatic rings. The second-order valence-electron chi connectivity index (χ2n) is 4.73. The van der Waals surface area contributed by atoms with E-state index in [-0.39, 0.29) is 17.8 Å². The fraction of sp³-hybridized carbons (Fsp3) is 0.500. The monoisotopic (exact) mass is 283 g/mol. The summed E-state index contributed by atoms with van der Waals surface area (Å²) in [5, 5.41) is 7.00. The number of hydrogen-bond donors (Lipinski definition) is 2. The molecule has 0 saturated heterocycles. The van der Waals surface area contributed by atoms with Crippen LogP contribution in [0.15, 0.2) is 23.2 Å². The van der Waals surface area contributed by atoms with Gasteiger partial charge in [-0.05, 0) is 25.0 Å². The van der Waals surface area contributed by atoms with E-state index in [4.69, 9.17) is 11.6 Å². The van der Waals surface area contributed by atoms with Crippen LogP contribution in [0.2, 0.25) is 5.02 Å². The van der Waals surface area contributed by atoms with Crippen molar-refractivity contribution in [3.63, 3.8) is 0 Å². The summed E-state index contributed by atoms with van der Waals surface area (Å²) < 4.78 is 13.8. The Bertz CT molecular complexity index is 456. The van der Waals surface area contributed by atoms with Gasteiger partial charge in [0.1, 0.15) is 5.82 Å². The molecular formula is C14H19ClFN3. The Morgan fingerprint density at radius 1 is 1.53 bits per heavy atom. The first-order chi connectivity index (χ1) is 9.17. The third kappa shape index (κ3) is 3.38. The number of aliphatic imine (C=N–C) groups is 1. The largest absolute Gasteiger partial charge is 0.356 e. The van der Waals surface area contributed by atoms with Gasteiger partial charge < -0.3 is 10.6 Å². The van der Waals surface area contributed by atoms with Gasteiger partial charge in [-0.1, -0.05) is 24.6 Å². The van der Waals surface area contributed by atoms with Crippen molar-refractivity contribution in [2.24, 2.45) is 4.99 Å². The maximum Gasteiger partial charge on any atom is 0.191 e. The average molecular weight is 284 g/mol. The standard InChI is InChI=1S/C14H19ClFN3/c1-3-7-18-14(17-2)19-12-8-9(12)13-10(15)5-4-6-11(13)16/h4-6,9,12H,3,7-8H2,1-2H3,(H2,17,18,19). The van der Waals surface area contributed by atoms with Crippen molar-refractivity contribution >= 4 is 17.6 Å². The summed E-state index contributed by atoms with van der Waals surface area (Å²) in [6.45, 7) is 2.97. The van der Waals surface area contributed by atoms with Gasteiger partial charge in [0.25, 0.3) is 0 Å². The van der Waals surface area contributed by atoms with E-state index in [1.165, 1.54) is 6.07 Å². The lowest BCUT2D eigenvalue weighted by atomic mass is 10.1. The minimum atomic E-state index is -0.224. The molecule has 0 bridgehead atoms. The van der Waals surface area contributed by atoms with Gasteiger partial charge in [0.05, 0.1) is 0 Å². The molecule has 0 heterocycles. The Hall–Kier alpha value is -1.29. The quantitative estimate of drug-likeness (QED) is 0.658. The van der Waals surface area contributed by atoms with Crippen molar-refractivity contribution in [2.45, 2.75) is 31.7 Å². The van der Waals surface area contributed by atoms with Crippen LogP contribution in [0, 0.1) is 5.82 Å². The molecule has 0 radical (unpaired) electrons. The molecule has 1 aliphatic carbocycles. The Labute approximate surface area is 118 Å². The predicted octanol–water partition coefficient (Wildman–Crippen LogP) is 2.91. The van der Waals surface area contributed by atoms with E-state index >= 15 is 0 Å². The molecule has 3 nitrogen and oxygen atoms in total. The summed E-state index contributed by atoms with van der Waals surface area (Å²) >= 11 is 6.07. The second-order valence-corrected chi connectivity index (χ2v) is 5.13. The molecule has 1 fully saturated rings. The molecule has 2 rings (SSSR count). The molecular weight excluding hydrogens is 265 g/mol. The summed E-state index contributed by atoms with van der Waals surface area (Å²) in [4.78, 5) is 4.15. The molecule has 0 amide bonds. The van der Waals surface area contributed by atoms with E-state index in [0.717, 1.165) is 25.3 Å². The van der Waals surface area contributed by atoms with E-state index in [9.17, 15) is 4.39 Å². The van der Waals surface area contributed by atoms with Crippen molar-refractivity contribution in [2.75, 3.05) is 13.6 Å². The van der Waals surface area contributed by atoms with Crippen LogP contribution in [-0.4, -0.2) is 25.6 Å². The predicted molar refractivity (Wildman–Crippen MR) is 77.3 cm³/mol. The van der Waals surface area contributed by atoms with E-state index in [0.29, 0.717) is 10.6 Å². The molecule has 19 heavy (non-hydrogen) atoms. The first kappa shape index (κ1) is 14.1. The summed E-state index contributed by atoms with van der Waals surface area (Å²) in [6, 6.07) is 5.03. The van der Waals surface area contributed by atoms with Crippen molar-refractivity contribution < 1.29 is 4.39 Å². The molecule has 2 N–H and O–H groups in total. The van der Waals surface area contributed by atoms with Crippen LogP contribution < -0.4 is 10.6 Å². The van der Waals surface area contributed by atoms with Crippen molar-refractivity contribution in [1.82, 2.24) is 10.6 Å². The molecule has 1 saturated carbocycles. The van der Waals surface area contributed by atoms with Gasteiger partial charge >= 0.3 is 0 Å². The maximum absolute atomic E-state index is 13.8. The second kappa shape index (κ2) is 6.24. The van der Waals surface area contributed by atoms with Crippen LogP contribution in [0.4, 0.5) is 4.39 Å². The Morgan fingerprint density at radius 3 is 2.95 bits per heavy atom. The van der Waals surface area contributed by atoms with Gasteiger partial charge in [-0.2, -0.15) is 0 Å². The van der Waals surface area contributed by atoms with Gasteiger partial charge in [0, 0.05) is 36.1 Å². The molecule has 5 heteroatoms. The number of benzene rings is 1. The maximum atomic E-state index is 13.8. The van der Waals surface area contributed by atoms with Crippen LogP contribution in [-0.2, 0) is 0 Å². The number of halogens is 2. The smallest absolute Gasteiger partial charge is 0.191 e. The van der Waals surface area contributed by atoms with Gasteiger partial charge in [-0.3, -0.25) is 4.99 Å². The SMILES string of the molecule is CCCNC(=NC)NC1CC1c1c(F)cccc1Cl. The highest BCUT2D eigenvalue weighted by molar-refractivity contribution is 6.31. The third-order valence-electron chi connectivity index (χ3n) is 3.25. The summed E-state index contributed by atoms with van der Waals surface area (Å²) in [5.74, 6) is 0.675. The number of rotatable bonds is 4. The minimum Gasteiger partial charge on any atom is -0.356 e. The van der Waals surface area contributed by atoms with Crippen molar-refractivity contribution in [3.8, 4) is 0 Å². The highest BCUT2D eigenvalue weighted by Crippen LogP contribution is 2.44. The summed E-state index contributed by atoms with van der Waals surface area (Å²) in [6.07, 6.45) is 1.92. The molecule has 2 atom stereocenters. The Morgan fingerprint density at radius 2 is 2.32 bits per heavy atom.